The zero-order chi connectivity index (χ0) is 13.1. The highest BCUT2D eigenvalue weighted by molar-refractivity contribution is 5.30. The highest BCUT2D eigenvalue weighted by Crippen LogP contribution is 2.18. The molecule has 0 aliphatic rings. The van der Waals surface area contributed by atoms with Crippen molar-refractivity contribution in [2.45, 2.75) is 26.1 Å². The van der Waals surface area contributed by atoms with Crippen molar-refractivity contribution in [2.24, 2.45) is 5.73 Å². The molecule has 0 bridgehead atoms. The summed E-state index contributed by atoms with van der Waals surface area (Å²) in [6.45, 7) is 2.44. The molecule has 0 aliphatic carbocycles. The van der Waals surface area contributed by atoms with Crippen LogP contribution in [0.3, 0.4) is 0 Å². The van der Waals surface area contributed by atoms with Crippen molar-refractivity contribution >= 4 is 0 Å². The van der Waals surface area contributed by atoms with Crippen molar-refractivity contribution in [1.29, 1.82) is 0 Å². The molecule has 2 N–H and O–H groups in total. The van der Waals surface area contributed by atoms with Gasteiger partial charge in [0.05, 0.1) is 12.6 Å². The molecule has 1 aromatic rings. The van der Waals surface area contributed by atoms with Gasteiger partial charge in [0, 0.05) is 0 Å². The number of alkyl halides is 3. The molecular weight excluding hydrogens is 231 g/mol. The van der Waals surface area contributed by atoms with Gasteiger partial charge in [0.1, 0.15) is 6.61 Å². The van der Waals surface area contributed by atoms with Crippen molar-refractivity contribution in [1.82, 2.24) is 0 Å². The molecule has 0 spiro atoms. The number of hydrogen-bond donors (Lipinski definition) is 1. The van der Waals surface area contributed by atoms with Crippen molar-refractivity contribution in [3.05, 3.63) is 34.9 Å². The molecule has 17 heavy (non-hydrogen) atoms. The van der Waals surface area contributed by atoms with Crippen LogP contribution in [0, 0.1) is 13.8 Å². The molecule has 0 radical (unpaired) electrons. The minimum absolute atomic E-state index is 0.137. The Hall–Kier alpha value is -1.07. The Kier molecular flexibility index (Phi) is 4.54. The lowest BCUT2D eigenvalue weighted by Gasteiger charge is -2.15. The van der Waals surface area contributed by atoms with E-state index in [1.54, 1.807) is 0 Å². The molecule has 2 nitrogen and oxygen atoms in total. The smallest absolute Gasteiger partial charge is 0.370 e. The molecule has 96 valence electrons. The number of halogens is 3. The van der Waals surface area contributed by atoms with Crippen LogP contribution in [0.5, 0.6) is 0 Å². The summed E-state index contributed by atoms with van der Waals surface area (Å²) in [7, 11) is 0. The SMILES string of the molecule is Cc1cc(C)cc(C(N)COCC(F)(F)F)c1. The predicted octanol–water partition coefficient (Wildman–Crippen LogP) is 2.88. The van der Waals surface area contributed by atoms with E-state index < -0.39 is 18.8 Å². The molecular formula is C12H16F3NO. The van der Waals surface area contributed by atoms with Gasteiger partial charge < -0.3 is 10.5 Å². The van der Waals surface area contributed by atoms with Crippen LogP contribution in [-0.4, -0.2) is 19.4 Å². The fourth-order valence-corrected chi connectivity index (χ4v) is 1.62. The summed E-state index contributed by atoms with van der Waals surface area (Å²) in [5.74, 6) is 0. The van der Waals surface area contributed by atoms with Gasteiger partial charge >= 0.3 is 6.18 Å². The van der Waals surface area contributed by atoms with E-state index in [0.717, 1.165) is 16.7 Å². The van der Waals surface area contributed by atoms with E-state index in [-0.39, 0.29) is 6.61 Å². The molecule has 0 fully saturated rings. The average molecular weight is 247 g/mol. The molecule has 1 atom stereocenters. The largest absolute Gasteiger partial charge is 0.411 e. The van der Waals surface area contributed by atoms with Crippen molar-refractivity contribution < 1.29 is 17.9 Å². The van der Waals surface area contributed by atoms with E-state index in [9.17, 15) is 13.2 Å². The third kappa shape index (κ3) is 5.19. The third-order valence-electron chi connectivity index (χ3n) is 2.24. The fraction of sp³-hybridized carbons (Fsp3) is 0.500. The lowest BCUT2D eigenvalue weighted by molar-refractivity contribution is -0.174. The Morgan fingerprint density at radius 2 is 1.71 bits per heavy atom. The first kappa shape index (κ1) is 14.0. The molecule has 0 saturated carbocycles. The minimum atomic E-state index is -4.30. The Bertz CT molecular complexity index is 356. The van der Waals surface area contributed by atoms with Gasteiger partial charge in [0.15, 0.2) is 0 Å². The topological polar surface area (TPSA) is 35.2 Å². The van der Waals surface area contributed by atoms with Crippen molar-refractivity contribution in [3.8, 4) is 0 Å². The zero-order valence-electron chi connectivity index (χ0n) is 9.84. The predicted molar refractivity (Wildman–Crippen MR) is 59.7 cm³/mol. The Morgan fingerprint density at radius 3 is 2.18 bits per heavy atom. The maximum Gasteiger partial charge on any atom is 0.411 e. The maximum atomic E-state index is 11.9. The molecule has 1 rings (SSSR count). The van der Waals surface area contributed by atoms with Gasteiger partial charge in [-0.25, -0.2) is 0 Å². The van der Waals surface area contributed by atoms with Crippen LogP contribution < -0.4 is 5.73 Å². The fourth-order valence-electron chi connectivity index (χ4n) is 1.62. The molecule has 0 aromatic heterocycles. The van der Waals surface area contributed by atoms with Crippen LogP contribution in [-0.2, 0) is 4.74 Å². The number of nitrogens with two attached hydrogens (primary N) is 1. The normalized spacial score (nSPS) is 13.8. The van der Waals surface area contributed by atoms with Crippen LogP contribution >= 0.6 is 0 Å². The quantitative estimate of drug-likeness (QED) is 0.887. The third-order valence-corrected chi connectivity index (χ3v) is 2.24. The Morgan fingerprint density at radius 1 is 1.18 bits per heavy atom. The van der Waals surface area contributed by atoms with Crippen molar-refractivity contribution in [3.63, 3.8) is 0 Å². The van der Waals surface area contributed by atoms with Crippen LogP contribution in [0.1, 0.15) is 22.7 Å². The standard InChI is InChI=1S/C12H16F3NO/c1-8-3-9(2)5-10(4-8)11(16)6-17-7-12(13,14)15/h3-5,11H,6-7,16H2,1-2H3. The summed E-state index contributed by atoms with van der Waals surface area (Å²) < 4.78 is 40.2. The second-order valence-electron chi connectivity index (χ2n) is 4.16. The summed E-state index contributed by atoms with van der Waals surface area (Å²) in [5, 5.41) is 0. The van der Waals surface area contributed by atoms with Crippen LogP contribution in [0.25, 0.3) is 0 Å². The highest BCUT2D eigenvalue weighted by atomic mass is 19.4. The number of ether oxygens (including phenoxy) is 1. The number of benzene rings is 1. The molecule has 0 heterocycles. The van der Waals surface area contributed by atoms with Crippen LogP contribution in [0.15, 0.2) is 18.2 Å². The van der Waals surface area contributed by atoms with Gasteiger partial charge in [-0.05, 0) is 19.4 Å². The first-order valence-corrected chi connectivity index (χ1v) is 5.26. The first-order valence-electron chi connectivity index (χ1n) is 5.26. The molecule has 0 aliphatic heterocycles. The zero-order valence-corrected chi connectivity index (χ0v) is 9.84. The molecule has 0 saturated heterocycles. The van der Waals surface area contributed by atoms with E-state index >= 15 is 0 Å². The maximum absolute atomic E-state index is 11.9. The Balaban J connectivity index is 2.55. The van der Waals surface area contributed by atoms with Crippen LogP contribution in [0.2, 0.25) is 0 Å². The summed E-state index contributed by atoms with van der Waals surface area (Å²) in [6.07, 6.45) is -4.30. The number of hydrogen-bond acceptors (Lipinski definition) is 2. The average Bonchev–Trinajstić information content (AvgIpc) is 2.13. The van der Waals surface area contributed by atoms with E-state index in [2.05, 4.69) is 4.74 Å². The summed E-state index contributed by atoms with van der Waals surface area (Å²) in [4.78, 5) is 0. The van der Waals surface area contributed by atoms with E-state index in [1.807, 2.05) is 32.0 Å². The second kappa shape index (κ2) is 5.51. The van der Waals surface area contributed by atoms with Crippen LogP contribution in [0.4, 0.5) is 13.2 Å². The monoisotopic (exact) mass is 247 g/mol. The van der Waals surface area contributed by atoms with Gasteiger partial charge in [0.2, 0.25) is 0 Å². The van der Waals surface area contributed by atoms with E-state index in [4.69, 9.17) is 5.73 Å². The van der Waals surface area contributed by atoms with Crippen molar-refractivity contribution in [2.75, 3.05) is 13.2 Å². The lowest BCUT2D eigenvalue weighted by Crippen LogP contribution is -2.23. The van der Waals surface area contributed by atoms with Gasteiger partial charge in [-0.1, -0.05) is 29.3 Å². The molecule has 1 aromatic carbocycles. The molecule has 0 amide bonds. The Labute approximate surface area is 98.6 Å². The second-order valence-corrected chi connectivity index (χ2v) is 4.16. The molecule has 5 heteroatoms. The van der Waals surface area contributed by atoms with Gasteiger partial charge in [-0.15, -0.1) is 0 Å². The number of aryl methyl sites for hydroxylation is 2. The number of rotatable bonds is 4. The first-order chi connectivity index (χ1) is 7.78. The summed E-state index contributed by atoms with van der Waals surface area (Å²) in [5.41, 5.74) is 8.63. The van der Waals surface area contributed by atoms with E-state index in [1.165, 1.54) is 0 Å². The molecule has 1 unspecified atom stereocenters. The lowest BCUT2D eigenvalue weighted by atomic mass is 10.0. The van der Waals surface area contributed by atoms with Gasteiger partial charge in [-0.3, -0.25) is 0 Å². The minimum Gasteiger partial charge on any atom is -0.370 e. The highest BCUT2D eigenvalue weighted by Gasteiger charge is 2.27. The summed E-state index contributed by atoms with van der Waals surface area (Å²) in [6, 6.07) is 5.16. The van der Waals surface area contributed by atoms with Gasteiger partial charge in [-0.2, -0.15) is 13.2 Å². The van der Waals surface area contributed by atoms with E-state index in [0.29, 0.717) is 0 Å². The van der Waals surface area contributed by atoms with Gasteiger partial charge in [0.25, 0.3) is 0 Å². The summed E-state index contributed by atoms with van der Waals surface area (Å²) >= 11 is 0.